The van der Waals surface area contributed by atoms with Gasteiger partial charge in [0.05, 0.1) is 37.6 Å². The van der Waals surface area contributed by atoms with E-state index in [4.69, 9.17) is 50.2 Å². The van der Waals surface area contributed by atoms with Crippen molar-refractivity contribution in [1.29, 1.82) is 0 Å². The van der Waals surface area contributed by atoms with Gasteiger partial charge in [0.25, 0.3) is 0 Å². The van der Waals surface area contributed by atoms with Gasteiger partial charge in [0, 0.05) is 66.7 Å². The van der Waals surface area contributed by atoms with Crippen LogP contribution in [0.1, 0.15) is 214 Å². The van der Waals surface area contributed by atoms with Crippen molar-refractivity contribution in [2.75, 3.05) is 0 Å². The van der Waals surface area contributed by atoms with E-state index in [1.165, 1.54) is 48.5 Å². The summed E-state index contributed by atoms with van der Waals surface area (Å²) in [5.41, 5.74) is -22.7. The van der Waals surface area contributed by atoms with Crippen LogP contribution in [0.2, 0.25) is 0 Å². The van der Waals surface area contributed by atoms with Gasteiger partial charge >= 0.3 is 0 Å². The number of fused-ring (bicyclic) bond motifs is 1. The number of imidazole rings is 1. The Morgan fingerprint density at radius 3 is 1.87 bits per heavy atom. The number of aromatic nitrogens is 3. The van der Waals surface area contributed by atoms with Gasteiger partial charge in [-0.2, -0.15) is 0 Å². The average molecular weight is 954 g/mol. The predicted molar refractivity (Wildman–Crippen MR) is 295 cm³/mol. The second kappa shape index (κ2) is 17.9. The molecule has 0 bridgehead atoms. The summed E-state index contributed by atoms with van der Waals surface area (Å²) in [5.74, 6) is -5.25. The maximum absolute atomic E-state index is 13.2. The largest absolute Gasteiger partial charge is 0.507 e. The lowest BCUT2D eigenvalue weighted by Gasteiger charge is -2.27. The molecule has 0 saturated carbocycles. The third-order valence-electron chi connectivity index (χ3n) is 11.8. The van der Waals surface area contributed by atoms with Gasteiger partial charge in [0.1, 0.15) is 11.6 Å². The van der Waals surface area contributed by atoms with Crippen LogP contribution in [0.5, 0.6) is 5.75 Å². The molecule has 0 aliphatic carbocycles. The quantitative estimate of drug-likeness (QED) is 0.165. The molecule has 0 fully saturated rings. The zero-order chi connectivity index (χ0) is 83.1. The number of rotatable bonds is 8. The smallest absolute Gasteiger partial charge is 0.149 e. The van der Waals surface area contributed by atoms with Gasteiger partial charge in [-0.05, 0) is 150 Å². The van der Waals surface area contributed by atoms with E-state index >= 15 is 0 Å². The lowest BCUT2D eigenvalue weighted by atomic mass is 9.79. The monoisotopic (exact) mass is 953 g/mol. The molecule has 0 aliphatic heterocycles. The first-order valence-corrected chi connectivity index (χ1v) is 21.6. The van der Waals surface area contributed by atoms with E-state index in [1.807, 2.05) is 0 Å². The van der Waals surface area contributed by atoms with Crippen molar-refractivity contribution >= 4 is 11.0 Å². The minimum atomic E-state index is -4.43. The highest BCUT2D eigenvalue weighted by atomic mass is 16.3. The second-order valence-electron chi connectivity index (χ2n) is 18.6. The van der Waals surface area contributed by atoms with E-state index in [2.05, 4.69) is 4.98 Å². The van der Waals surface area contributed by atoms with Crippen molar-refractivity contribution < 1.29 is 58.6 Å². The number of hydrogen-bond acceptors (Lipinski definition) is 3. The zero-order valence-corrected chi connectivity index (χ0v) is 38.9. The molecule has 2 aromatic heterocycles. The van der Waals surface area contributed by atoms with Crippen LogP contribution in [0.15, 0.2) is 127 Å². The van der Waals surface area contributed by atoms with Gasteiger partial charge in [-0.25, -0.2) is 4.98 Å². The van der Waals surface area contributed by atoms with Crippen molar-refractivity contribution in [2.45, 2.75) is 150 Å². The number of nitrogens with zero attached hydrogens (tertiary/aromatic N) is 3. The summed E-state index contributed by atoms with van der Waals surface area (Å²) < 4.78 is 345. The number of hydrogen-bond donors (Lipinski definition) is 1. The van der Waals surface area contributed by atoms with Crippen LogP contribution in [-0.4, -0.2) is 19.6 Å². The van der Waals surface area contributed by atoms with Crippen LogP contribution in [0, 0.1) is 6.85 Å². The molecule has 8 rings (SSSR count). The Labute approximate surface area is 468 Å². The summed E-state index contributed by atoms with van der Waals surface area (Å²) in [4.78, 5) is 9.20. The molecule has 0 spiro atoms. The molecule has 1 N–H and O–H groups in total. The summed E-state index contributed by atoms with van der Waals surface area (Å²) in [7, 11) is 0. The molecule has 0 unspecified atom stereocenters. The Hall–Kier alpha value is -6.26. The third-order valence-corrected chi connectivity index (χ3v) is 11.8. The number of phenols is 1. The van der Waals surface area contributed by atoms with E-state index in [-0.39, 0.29) is 44.9 Å². The molecule has 0 atom stereocenters. The summed E-state index contributed by atoms with van der Waals surface area (Å²) in [6, 6.07) is 9.78. The van der Waals surface area contributed by atoms with E-state index in [0.717, 1.165) is 4.57 Å². The predicted octanol–water partition coefficient (Wildman–Crippen LogP) is 18.2. The molecule has 4 nitrogen and oxygen atoms in total. The number of para-hydroxylation sites is 1. The van der Waals surface area contributed by atoms with Crippen LogP contribution in [0.4, 0.5) is 0 Å². The summed E-state index contributed by atoms with van der Waals surface area (Å²) in [6.07, 6.45) is -1.00. The minimum absolute atomic E-state index is 0.000200. The molecule has 2 heterocycles. The SMILES string of the molecule is [2H]c1nc(-c2cc(-c3cccc4c3nc(-c3cc(C(C([2H])([2H])[2H])(C([2H])([2H])[2H])C([2H])([2H])[2H])cc(C(C([2H])([2H])[2H])(C([2H])([2H])[2H])C([2H])([2H])[2H])c3O)n4-c3ccc(-c4cc(C([2H])(C)C)cc(C([2H])(C)C)c4)cc3C([2H])([2H])[2H])cc(C(C)(C)C)c2)c([2H])c(-c2c([2H])c([2H])c(C(C([2H])([2H])[2H])(C([2H])([2H])[2H])C([2H])([2H])[2H])c([2H])c2[2H])c1[2H]. The van der Waals surface area contributed by atoms with E-state index in [0.29, 0.717) is 22.8 Å². The normalized spacial score (nSPS) is 23.1. The first-order chi connectivity index (χ1) is 48.2. The molecule has 356 valence electrons. The van der Waals surface area contributed by atoms with Gasteiger partial charge in [0.2, 0.25) is 0 Å². The Morgan fingerprint density at radius 1 is 0.580 bits per heavy atom. The lowest BCUT2D eigenvalue weighted by Crippen LogP contribution is -2.17. The fraction of sp³-hybridized carbons (Fsp3) is 0.354. The maximum Gasteiger partial charge on any atom is 0.149 e. The first kappa shape index (κ1) is 20.2. The van der Waals surface area contributed by atoms with Crippen LogP contribution in [-0.2, 0) is 21.7 Å². The molecule has 6 aromatic carbocycles. The summed E-state index contributed by atoms with van der Waals surface area (Å²) in [6.45, 7) is -30.2. The maximum atomic E-state index is 13.2. The van der Waals surface area contributed by atoms with Crippen LogP contribution in [0.25, 0.3) is 72.7 Å². The second-order valence-corrected chi connectivity index (χ2v) is 18.6. The molecule has 0 aliphatic rings. The minimum Gasteiger partial charge on any atom is -0.507 e. The molecule has 0 amide bonds. The topological polar surface area (TPSA) is 50.9 Å². The highest BCUT2D eigenvalue weighted by molar-refractivity contribution is 5.97. The lowest BCUT2D eigenvalue weighted by molar-refractivity contribution is 0.446. The number of aromatic hydroxyl groups is 1. The Bertz CT molecular complexity index is 4700. The molecular formula is C65H75N3O. The number of aryl methyl sites for hydroxylation is 1. The number of benzene rings is 6. The fourth-order valence-corrected chi connectivity index (χ4v) is 7.90. The van der Waals surface area contributed by atoms with E-state index in [9.17, 15) is 13.3 Å². The van der Waals surface area contributed by atoms with Crippen LogP contribution < -0.4 is 0 Å². The molecular weight excluding hydrogens is 839 g/mol. The number of pyridine rings is 1. The van der Waals surface area contributed by atoms with E-state index in [1.54, 1.807) is 72.7 Å². The number of phenolic OH excluding ortho intramolecular Hbond substituents is 1. The van der Waals surface area contributed by atoms with Gasteiger partial charge in [0.15, 0.2) is 0 Å². The highest BCUT2D eigenvalue weighted by Gasteiger charge is 2.29. The Balaban J connectivity index is 1.64. The average Bonchev–Trinajstić information content (AvgIpc) is 0.807. The van der Waals surface area contributed by atoms with Gasteiger partial charge in [-0.15, -0.1) is 0 Å². The van der Waals surface area contributed by atoms with Crippen LogP contribution >= 0.6 is 0 Å². The summed E-state index contributed by atoms with van der Waals surface area (Å²) in [5, 5.41) is 13.2. The molecule has 8 aromatic rings. The van der Waals surface area contributed by atoms with Crippen molar-refractivity contribution in [3.05, 3.63) is 166 Å². The zero-order valence-electron chi connectivity index (χ0n) is 77.9. The third kappa shape index (κ3) is 9.96. The van der Waals surface area contributed by atoms with Crippen molar-refractivity contribution in [3.63, 3.8) is 0 Å². The summed E-state index contributed by atoms with van der Waals surface area (Å²) >= 11 is 0. The fourth-order valence-electron chi connectivity index (χ4n) is 7.90. The molecule has 0 radical (unpaired) electrons. The van der Waals surface area contributed by atoms with Crippen molar-refractivity contribution in [3.8, 4) is 67.5 Å². The first-order valence-electron chi connectivity index (χ1n) is 41.1. The van der Waals surface area contributed by atoms with Crippen molar-refractivity contribution in [1.82, 2.24) is 14.5 Å². The van der Waals surface area contributed by atoms with Crippen LogP contribution in [0.3, 0.4) is 0 Å². The standard InChI is InChI=1S/C65H75N3O/c1-39(2)45-30-46(40(3)4)32-47(31-45)43-23-26-57(41(5)29-43)68-58-20-18-19-53(59(58)67-61(68)54-37-52(64(12,13)14)38-55(60(54)69)65(15,16)17)48-33-49(35-51(34-48)63(9,10)11)56-36-44(27-28-66-56)42-21-24-50(25-22-42)62(6,7)8/h18-40,69H,1-17H3/i5D3,6D3,7D3,8D3,12D3,13D3,14D3,15D3,16D3,17D3,21D,22D,24D,25D,27D,28D,36D,39D,40D. The Morgan fingerprint density at radius 2 is 1.23 bits per heavy atom. The molecule has 4 heteroatoms. The molecule has 69 heavy (non-hydrogen) atoms. The molecule has 0 saturated heterocycles. The van der Waals surface area contributed by atoms with Gasteiger partial charge in [-0.3, -0.25) is 9.55 Å². The van der Waals surface area contributed by atoms with Gasteiger partial charge in [-0.1, -0.05) is 183 Å². The van der Waals surface area contributed by atoms with Crippen molar-refractivity contribution in [2.24, 2.45) is 0 Å². The Kier molecular flexibility index (Phi) is 5.25. The van der Waals surface area contributed by atoms with E-state index < -0.39 is 206 Å². The van der Waals surface area contributed by atoms with Gasteiger partial charge < -0.3 is 5.11 Å². The highest BCUT2D eigenvalue weighted by Crippen LogP contribution is 2.46.